The van der Waals surface area contributed by atoms with Crippen LogP contribution in [0.4, 0.5) is 5.69 Å². The summed E-state index contributed by atoms with van der Waals surface area (Å²) >= 11 is 0. The number of imide groups is 1. The Kier molecular flexibility index (Phi) is 11.5. The van der Waals surface area contributed by atoms with Gasteiger partial charge >= 0.3 is 5.69 Å². The fourth-order valence-corrected chi connectivity index (χ4v) is 8.56. The molecule has 1 unspecified atom stereocenters. The number of amides is 3. The third-order valence-electron chi connectivity index (χ3n) is 11.7. The monoisotopic (exact) mass is 794 g/mol. The van der Waals surface area contributed by atoms with Crippen LogP contribution in [0.1, 0.15) is 90.5 Å². The molecule has 2 aliphatic heterocycles. The van der Waals surface area contributed by atoms with E-state index in [1.54, 1.807) is 19.3 Å². The number of rotatable bonds is 9. The highest BCUT2D eigenvalue weighted by atomic mass is 16.5. The van der Waals surface area contributed by atoms with Gasteiger partial charge in [0, 0.05) is 57.9 Å². The number of carbonyl (C=O) groups is 3. The van der Waals surface area contributed by atoms with Crippen molar-refractivity contribution in [2.45, 2.75) is 76.5 Å². The van der Waals surface area contributed by atoms with Crippen molar-refractivity contribution in [3.05, 3.63) is 93.9 Å². The molecule has 15 nitrogen and oxygen atoms in total. The van der Waals surface area contributed by atoms with E-state index < -0.39 is 11.9 Å². The summed E-state index contributed by atoms with van der Waals surface area (Å²) in [5.41, 5.74) is 5.11. The van der Waals surface area contributed by atoms with Crippen LogP contribution in [-0.2, 0) is 21.4 Å². The molecule has 6 heterocycles. The normalized spacial score (nSPS) is 20.1. The molecule has 2 N–H and O–H groups in total. The summed E-state index contributed by atoms with van der Waals surface area (Å²) in [5.74, 6) is 5.77. The lowest BCUT2D eigenvalue weighted by molar-refractivity contribution is -0.135. The van der Waals surface area contributed by atoms with E-state index in [-0.39, 0.29) is 49.1 Å². The van der Waals surface area contributed by atoms with Crippen molar-refractivity contribution in [3.63, 3.8) is 0 Å². The van der Waals surface area contributed by atoms with Crippen LogP contribution in [0, 0.1) is 36.0 Å². The van der Waals surface area contributed by atoms with Gasteiger partial charge in [-0.05, 0) is 87.6 Å². The van der Waals surface area contributed by atoms with Crippen molar-refractivity contribution >= 4 is 34.4 Å². The highest BCUT2D eigenvalue weighted by Crippen LogP contribution is 2.36. The minimum atomic E-state index is -0.744. The standard InChI is InChI=1S/C44H46N10O5/c1-28-8-13-35(47-23-28)40-36(48-42(56)32-21-30(22-45)24-46-25-32)27-53(50-40)33-11-9-29(10-12-33)26-52-18-16-34(17-19-52)59-20-4-6-31-5-3-7-37-41(31)51(2)44(58)54(37)38-14-15-39(55)49-43(38)57/h3,5,7-8,13,21,23-25,27,29,33-34,38H,9-12,14-20,26H2,1-2H3,(H,48,56)(H,49,55,57)/t29-,33-,38?. The zero-order valence-electron chi connectivity index (χ0n) is 33.2. The maximum Gasteiger partial charge on any atom is 0.329 e. The lowest BCUT2D eigenvalue weighted by Gasteiger charge is -2.36. The molecular formula is C44H46N10O5. The second kappa shape index (κ2) is 17.2. The van der Waals surface area contributed by atoms with Crippen LogP contribution >= 0.6 is 0 Å². The predicted molar refractivity (Wildman–Crippen MR) is 219 cm³/mol. The van der Waals surface area contributed by atoms with Gasteiger partial charge in [-0.1, -0.05) is 24.0 Å². The predicted octanol–water partition coefficient (Wildman–Crippen LogP) is 4.67. The van der Waals surface area contributed by atoms with Crippen molar-refractivity contribution in [1.29, 1.82) is 5.26 Å². The zero-order valence-corrected chi connectivity index (χ0v) is 33.2. The molecule has 8 rings (SSSR count). The Morgan fingerprint density at radius 3 is 2.58 bits per heavy atom. The molecule has 0 bridgehead atoms. The van der Waals surface area contributed by atoms with E-state index in [0.717, 1.165) is 63.7 Å². The Morgan fingerprint density at radius 1 is 1.02 bits per heavy atom. The van der Waals surface area contributed by atoms with Gasteiger partial charge < -0.3 is 15.0 Å². The first-order valence-corrected chi connectivity index (χ1v) is 20.2. The number of nitriles is 1. The molecule has 3 amide bonds. The number of ether oxygens (including phenoxy) is 1. The summed E-state index contributed by atoms with van der Waals surface area (Å²) in [6.45, 7) is 5.24. The van der Waals surface area contributed by atoms with Gasteiger partial charge in [-0.3, -0.25) is 43.5 Å². The molecule has 5 aromatic rings. The third kappa shape index (κ3) is 8.58. The van der Waals surface area contributed by atoms with Crippen molar-refractivity contribution in [2.24, 2.45) is 13.0 Å². The highest BCUT2D eigenvalue weighted by molar-refractivity contribution is 6.05. The highest BCUT2D eigenvalue weighted by Gasteiger charge is 2.32. The Bertz CT molecular complexity index is 2560. The molecule has 1 atom stereocenters. The van der Waals surface area contributed by atoms with Crippen LogP contribution in [0.15, 0.2) is 66.0 Å². The molecule has 15 heteroatoms. The topological polar surface area (TPSA) is 182 Å². The number of aromatic nitrogens is 6. The number of pyridine rings is 2. The molecule has 3 fully saturated rings. The van der Waals surface area contributed by atoms with E-state index in [0.29, 0.717) is 50.7 Å². The van der Waals surface area contributed by atoms with Gasteiger partial charge in [0.05, 0.1) is 51.3 Å². The van der Waals surface area contributed by atoms with E-state index in [9.17, 15) is 24.4 Å². The van der Waals surface area contributed by atoms with E-state index in [2.05, 4.69) is 37.3 Å². The Hall–Kier alpha value is -6.42. The van der Waals surface area contributed by atoms with Crippen molar-refractivity contribution in [3.8, 4) is 29.3 Å². The Morgan fingerprint density at radius 2 is 1.83 bits per heavy atom. The fraction of sp³-hybridized carbons (Fsp3) is 0.409. The van der Waals surface area contributed by atoms with Crippen LogP contribution in [0.2, 0.25) is 0 Å². The maximum atomic E-state index is 13.2. The number of nitrogens with zero attached hydrogens (tertiary/aromatic N) is 8. The lowest BCUT2D eigenvalue weighted by atomic mass is 9.85. The van der Waals surface area contributed by atoms with Crippen molar-refractivity contribution in [1.82, 2.24) is 39.1 Å². The summed E-state index contributed by atoms with van der Waals surface area (Å²) < 4.78 is 11.2. The number of likely N-dealkylation sites (tertiary alicyclic amines) is 1. The summed E-state index contributed by atoms with van der Waals surface area (Å²) in [6.07, 6.45) is 13.2. The molecule has 59 heavy (non-hydrogen) atoms. The SMILES string of the molecule is Cc1ccc(-c2nn([C@H]3CC[C@H](CN4CCC(OCC#Cc5cccc6c5n(C)c(=O)n6C5CCC(=O)NC5=O)CC4)CC3)cc2NC(=O)c2cncc(C#N)c2)nc1. The van der Waals surface area contributed by atoms with Crippen molar-refractivity contribution in [2.75, 3.05) is 31.6 Å². The molecule has 4 aromatic heterocycles. The van der Waals surface area contributed by atoms with Gasteiger partial charge in [0.2, 0.25) is 11.8 Å². The zero-order chi connectivity index (χ0) is 41.0. The number of para-hydroxylation sites is 1. The third-order valence-corrected chi connectivity index (χ3v) is 11.7. The van der Waals surface area contributed by atoms with Gasteiger partial charge in [-0.2, -0.15) is 10.4 Å². The number of fused-ring (bicyclic) bond motifs is 1. The first kappa shape index (κ1) is 39.4. The lowest BCUT2D eigenvalue weighted by Crippen LogP contribution is -2.44. The van der Waals surface area contributed by atoms with Gasteiger partial charge in [-0.25, -0.2) is 4.79 Å². The number of anilines is 1. The molecule has 1 aromatic carbocycles. The maximum absolute atomic E-state index is 13.2. The number of hydrogen-bond acceptors (Lipinski definition) is 10. The average molecular weight is 795 g/mol. The number of hydrogen-bond donors (Lipinski definition) is 2. The second-order valence-electron chi connectivity index (χ2n) is 15.8. The van der Waals surface area contributed by atoms with E-state index in [1.165, 1.54) is 27.6 Å². The van der Waals surface area contributed by atoms with Crippen LogP contribution in [0.5, 0.6) is 0 Å². The van der Waals surface area contributed by atoms with Crippen LogP contribution in [-0.4, -0.2) is 83.8 Å². The quantitative estimate of drug-likeness (QED) is 0.157. The number of nitrogens with one attached hydrogen (secondary N) is 2. The van der Waals surface area contributed by atoms with Gasteiger partial charge in [0.1, 0.15) is 24.4 Å². The van der Waals surface area contributed by atoms with E-state index >= 15 is 0 Å². The smallest absolute Gasteiger partial charge is 0.329 e. The largest absolute Gasteiger partial charge is 0.365 e. The molecule has 0 spiro atoms. The minimum Gasteiger partial charge on any atom is -0.365 e. The van der Waals surface area contributed by atoms with Crippen LogP contribution in [0.25, 0.3) is 22.4 Å². The Balaban J connectivity index is 0.829. The molecular weight excluding hydrogens is 749 g/mol. The van der Waals surface area contributed by atoms with Crippen LogP contribution in [0.3, 0.4) is 0 Å². The number of carbonyl (C=O) groups excluding carboxylic acids is 3. The molecule has 1 aliphatic carbocycles. The molecule has 1 saturated carbocycles. The van der Waals surface area contributed by atoms with E-state index in [1.807, 2.05) is 48.1 Å². The molecule has 2 saturated heterocycles. The van der Waals surface area contributed by atoms with Crippen LogP contribution < -0.4 is 16.3 Å². The summed E-state index contributed by atoms with van der Waals surface area (Å²) in [5, 5.41) is 19.6. The summed E-state index contributed by atoms with van der Waals surface area (Å²) in [7, 11) is 1.67. The fourth-order valence-electron chi connectivity index (χ4n) is 8.56. The minimum absolute atomic E-state index is 0.128. The van der Waals surface area contributed by atoms with Crippen molar-refractivity contribution < 1.29 is 19.1 Å². The van der Waals surface area contributed by atoms with Gasteiger partial charge in [-0.15, -0.1) is 0 Å². The number of imidazole rings is 1. The summed E-state index contributed by atoms with van der Waals surface area (Å²) in [4.78, 5) is 61.9. The Labute approximate surface area is 341 Å². The van der Waals surface area contributed by atoms with Gasteiger partial charge in [0.15, 0.2) is 0 Å². The first-order valence-electron chi connectivity index (χ1n) is 20.2. The number of aryl methyl sites for hydroxylation is 2. The molecule has 302 valence electrons. The number of piperidine rings is 2. The van der Waals surface area contributed by atoms with E-state index in [4.69, 9.17) is 9.84 Å². The average Bonchev–Trinajstić information content (AvgIpc) is 3.78. The summed E-state index contributed by atoms with van der Waals surface area (Å²) in [6, 6.07) is 12.4. The second-order valence-corrected chi connectivity index (χ2v) is 15.8. The first-order chi connectivity index (χ1) is 28.6. The number of benzene rings is 1. The molecule has 3 aliphatic rings. The van der Waals surface area contributed by atoms with Gasteiger partial charge in [0.25, 0.3) is 5.91 Å². The molecule has 0 radical (unpaired) electrons.